The van der Waals surface area contributed by atoms with Crippen LogP contribution in [0, 0.1) is 11.8 Å². The Hall–Kier alpha value is -1.10. The summed E-state index contributed by atoms with van der Waals surface area (Å²) in [6.45, 7) is 1.43. The zero-order chi connectivity index (χ0) is 14.7. The molecule has 0 aromatic carbocycles. The highest BCUT2D eigenvalue weighted by atomic mass is 16.2. The molecule has 0 radical (unpaired) electrons. The van der Waals surface area contributed by atoms with Gasteiger partial charge in [0.1, 0.15) is 0 Å². The molecule has 1 saturated carbocycles. The maximum atomic E-state index is 12.5. The van der Waals surface area contributed by atoms with Gasteiger partial charge in [-0.1, -0.05) is 6.42 Å². The lowest BCUT2D eigenvalue weighted by atomic mass is 9.84. The van der Waals surface area contributed by atoms with Crippen molar-refractivity contribution < 1.29 is 9.59 Å². The second-order valence-electron chi connectivity index (χ2n) is 6.46. The average Bonchev–Trinajstić information content (AvgIpc) is 2.46. The Balaban J connectivity index is 1.84. The molecule has 114 valence electrons. The zero-order valence-corrected chi connectivity index (χ0v) is 12.7. The fraction of sp³-hybridized carbons (Fsp3) is 0.867. The molecule has 1 saturated heterocycles. The van der Waals surface area contributed by atoms with Gasteiger partial charge < -0.3 is 15.5 Å². The molecule has 5 nitrogen and oxygen atoms in total. The first-order chi connectivity index (χ1) is 9.49. The Morgan fingerprint density at radius 2 is 1.70 bits per heavy atom. The van der Waals surface area contributed by atoms with Crippen molar-refractivity contribution in [1.29, 1.82) is 0 Å². The molecule has 5 heteroatoms. The Kier molecular flexibility index (Phi) is 5.02. The number of carbonyl (C=O) groups is 2. The molecule has 2 unspecified atom stereocenters. The first-order valence-electron chi connectivity index (χ1n) is 7.74. The Morgan fingerprint density at radius 3 is 2.25 bits per heavy atom. The normalized spacial score (nSPS) is 28.2. The molecule has 2 atom stereocenters. The SMILES string of the molecule is CN(C)C(=O)C1CCN(C(=O)C2CCCC(N)C2)CC1. The van der Waals surface area contributed by atoms with Crippen LogP contribution in [0.25, 0.3) is 0 Å². The van der Waals surface area contributed by atoms with Crippen molar-refractivity contribution >= 4 is 11.8 Å². The summed E-state index contributed by atoms with van der Waals surface area (Å²) in [5, 5.41) is 0. The molecular weight excluding hydrogens is 254 g/mol. The van der Waals surface area contributed by atoms with Gasteiger partial charge in [-0.25, -0.2) is 0 Å². The summed E-state index contributed by atoms with van der Waals surface area (Å²) in [7, 11) is 3.59. The van der Waals surface area contributed by atoms with Crippen molar-refractivity contribution in [2.45, 2.75) is 44.6 Å². The molecule has 0 spiro atoms. The van der Waals surface area contributed by atoms with E-state index >= 15 is 0 Å². The smallest absolute Gasteiger partial charge is 0.225 e. The number of nitrogens with zero attached hydrogens (tertiary/aromatic N) is 2. The standard InChI is InChI=1S/C15H27N3O2/c1-17(2)14(19)11-6-8-18(9-7-11)15(20)12-4-3-5-13(16)10-12/h11-13H,3-10,16H2,1-2H3. The van der Waals surface area contributed by atoms with Crippen LogP contribution in [-0.2, 0) is 9.59 Å². The van der Waals surface area contributed by atoms with Gasteiger partial charge in [-0.3, -0.25) is 9.59 Å². The van der Waals surface area contributed by atoms with Crippen LogP contribution in [0.2, 0.25) is 0 Å². The Morgan fingerprint density at radius 1 is 1.05 bits per heavy atom. The third kappa shape index (κ3) is 3.51. The Labute approximate surface area is 121 Å². The van der Waals surface area contributed by atoms with E-state index in [9.17, 15) is 9.59 Å². The number of likely N-dealkylation sites (tertiary alicyclic amines) is 1. The lowest BCUT2D eigenvalue weighted by molar-refractivity contribution is -0.142. The van der Waals surface area contributed by atoms with Gasteiger partial charge in [0.2, 0.25) is 11.8 Å². The minimum absolute atomic E-state index is 0.0858. The van der Waals surface area contributed by atoms with Crippen LogP contribution in [0.3, 0.4) is 0 Å². The highest BCUT2D eigenvalue weighted by Gasteiger charge is 2.33. The highest BCUT2D eigenvalue weighted by Crippen LogP contribution is 2.27. The highest BCUT2D eigenvalue weighted by molar-refractivity contribution is 5.81. The molecule has 1 aliphatic carbocycles. The van der Waals surface area contributed by atoms with Crippen molar-refractivity contribution in [3.8, 4) is 0 Å². The molecular formula is C15H27N3O2. The average molecular weight is 281 g/mol. The fourth-order valence-electron chi connectivity index (χ4n) is 3.42. The molecule has 2 amide bonds. The molecule has 2 N–H and O–H groups in total. The minimum atomic E-state index is 0.0858. The monoisotopic (exact) mass is 281 g/mol. The number of hydrogen-bond donors (Lipinski definition) is 1. The van der Waals surface area contributed by atoms with Gasteiger partial charge in [0, 0.05) is 45.1 Å². The maximum Gasteiger partial charge on any atom is 0.225 e. The summed E-state index contributed by atoms with van der Waals surface area (Å²) in [5.41, 5.74) is 5.97. The number of piperidine rings is 1. The van der Waals surface area contributed by atoms with Crippen molar-refractivity contribution in [1.82, 2.24) is 9.80 Å². The van der Waals surface area contributed by atoms with Crippen LogP contribution in [0.4, 0.5) is 0 Å². The molecule has 2 fully saturated rings. The van der Waals surface area contributed by atoms with E-state index in [1.54, 1.807) is 19.0 Å². The summed E-state index contributed by atoms with van der Waals surface area (Å²) in [6, 6.07) is 0.186. The van der Waals surface area contributed by atoms with Gasteiger partial charge in [-0.05, 0) is 32.1 Å². The number of nitrogens with two attached hydrogens (primary N) is 1. The van der Waals surface area contributed by atoms with E-state index < -0.39 is 0 Å². The van der Waals surface area contributed by atoms with Crippen LogP contribution in [-0.4, -0.2) is 54.8 Å². The lowest BCUT2D eigenvalue weighted by Gasteiger charge is -2.36. The second kappa shape index (κ2) is 6.57. The summed E-state index contributed by atoms with van der Waals surface area (Å²) in [6.07, 6.45) is 5.50. The second-order valence-corrected chi connectivity index (χ2v) is 6.46. The molecule has 0 aromatic rings. The molecule has 0 aromatic heterocycles. The number of rotatable bonds is 2. The molecule has 2 rings (SSSR count). The zero-order valence-electron chi connectivity index (χ0n) is 12.7. The van der Waals surface area contributed by atoms with Crippen molar-refractivity contribution in [2.24, 2.45) is 17.6 Å². The van der Waals surface area contributed by atoms with Gasteiger partial charge in [-0.15, -0.1) is 0 Å². The summed E-state index contributed by atoms with van der Waals surface area (Å²) < 4.78 is 0. The van der Waals surface area contributed by atoms with Crippen molar-refractivity contribution in [3.63, 3.8) is 0 Å². The first-order valence-corrected chi connectivity index (χ1v) is 7.74. The van der Waals surface area contributed by atoms with Gasteiger partial charge in [-0.2, -0.15) is 0 Å². The fourth-order valence-corrected chi connectivity index (χ4v) is 3.42. The van der Waals surface area contributed by atoms with Crippen LogP contribution >= 0.6 is 0 Å². The van der Waals surface area contributed by atoms with Gasteiger partial charge in [0.05, 0.1) is 0 Å². The summed E-state index contributed by atoms with van der Waals surface area (Å²) in [5.74, 6) is 0.648. The predicted octanol–water partition coefficient (Wildman–Crippen LogP) is 0.831. The van der Waals surface area contributed by atoms with E-state index in [1.807, 2.05) is 4.90 Å². The summed E-state index contributed by atoms with van der Waals surface area (Å²) >= 11 is 0. The third-order valence-electron chi connectivity index (χ3n) is 4.66. The molecule has 20 heavy (non-hydrogen) atoms. The lowest BCUT2D eigenvalue weighted by Crippen LogP contribution is -2.46. The Bertz CT molecular complexity index is 362. The van der Waals surface area contributed by atoms with Gasteiger partial charge in [0.15, 0.2) is 0 Å². The minimum Gasteiger partial charge on any atom is -0.349 e. The quantitative estimate of drug-likeness (QED) is 0.815. The third-order valence-corrected chi connectivity index (χ3v) is 4.66. The maximum absolute atomic E-state index is 12.5. The van der Waals surface area contributed by atoms with Gasteiger partial charge >= 0.3 is 0 Å². The predicted molar refractivity (Wildman–Crippen MR) is 77.9 cm³/mol. The summed E-state index contributed by atoms with van der Waals surface area (Å²) in [4.78, 5) is 28.0. The van der Waals surface area contributed by atoms with Gasteiger partial charge in [0.25, 0.3) is 0 Å². The van der Waals surface area contributed by atoms with E-state index in [0.29, 0.717) is 0 Å². The largest absolute Gasteiger partial charge is 0.349 e. The van der Waals surface area contributed by atoms with E-state index in [2.05, 4.69) is 0 Å². The first kappa shape index (κ1) is 15.3. The topological polar surface area (TPSA) is 66.6 Å². The molecule has 1 heterocycles. The van der Waals surface area contributed by atoms with Crippen LogP contribution in [0.5, 0.6) is 0 Å². The van der Waals surface area contributed by atoms with E-state index in [0.717, 1.165) is 51.6 Å². The van der Waals surface area contributed by atoms with Crippen LogP contribution in [0.1, 0.15) is 38.5 Å². The molecule has 0 bridgehead atoms. The van der Waals surface area contributed by atoms with Crippen LogP contribution < -0.4 is 5.73 Å². The van der Waals surface area contributed by atoms with Crippen molar-refractivity contribution in [2.75, 3.05) is 27.2 Å². The number of hydrogen-bond acceptors (Lipinski definition) is 3. The molecule has 1 aliphatic heterocycles. The van der Waals surface area contributed by atoms with E-state index in [4.69, 9.17) is 5.73 Å². The van der Waals surface area contributed by atoms with E-state index in [1.165, 1.54) is 0 Å². The number of amides is 2. The van der Waals surface area contributed by atoms with Crippen LogP contribution in [0.15, 0.2) is 0 Å². The number of carbonyl (C=O) groups excluding carboxylic acids is 2. The molecule has 2 aliphatic rings. The van der Waals surface area contributed by atoms with Crippen molar-refractivity contribution in [3.05, 3.63) is 0 Å². The van der Waals surface area contributed by atoms with E-state index in [-0.39, 0.29) is 29.7 Å².